The highest BCUT2D eigenvalue weighted by molar-refractivity contribution is 5.88. The van der Waals surface area contributed by atoms with Gasteiger partial charge < -0.3 is 15.0 Å². The number of hydrogen-bond acceptors (Lipinski definition) is 4. The molecule has 0 radical (unpaired) electrons. The van der Waals surface area contributed by atoms with Gasteiger partial charge in [-0.05, 0) is 12.1 Å². The second-order valence-electron chi connectivity index (χ2n) is 4.23. The molecule has 0 atom stereocenters. The van der Waals surface area contributed by atoms with Crippen LogP contribution in [0, 0.1) is 5.92 Å². The van der Waals surface area contributed by atoms with Crippen molar-refractivity contribution >= 4 is 16.7 Å². The normalized spacial score (nSPS) is 15.8. The molecule has 1 aliphatic rings. The van der Waals surface area contributed by atoms with E-state index in [1.54, 1.807) is 12.3 Å². The number of ether oxygens (including phenoxy) is 1. The van der Waals surface area contributed by atoms with Crippen LogP contribution in [0.25, 0.3) is 11.0 Å². The quantitative estimate of drug-likeness (QED) is 0.826. The highest BCUT2D eigenvalue weighted by Gasteiger charge is 2.18. The van der Waals surface area contributed by atoms with Crippen molar-refractivity contribution in [2.75, 3.05) is 25.1 Å². The highest BCUT2D eigenvalue weighted by Crippen LogP contribution is 2.19. The molecule has 0 amide bonds. The van der Waals surface area contributed by atoms with Crippen molar-refractivity contribution in [3.05, 3.63) is 34.7 Å². The van der Waals surface area contributed by atoms with Gasteiger partial charge in [-0.2, -0.15) is 0 Å². The topological polar surface area (TPSA) is 67.0 Å². The van der Waals surface area contributed by atoms with Crippen LogP contribution in [0.15, 0.2) is 29.2 Å². The van der Waals surface area contributed by atoms with Crippen molar-refractivity contribution in [1.82, 2.24) is 9.97 Å². The van der Waals surface area contributed by atoms with Crippen LogP contribution in [0.4, 0.5) is 5.69 Å². The SMILES string of the molecule is O=c1cc(NCC2COC2)c2cccnc2[nH]1. The number of nitrogens with zero attached hydrogens (tertiary/aromatic N) is 1. The van der Waals surface area contributed by atoms with E-state index in [9.17, 15) is 4.79 Å². The molecule has 2 N–H and O–H groups in total. The van der Waals surface area contributed by atoms with Gasteiger partial charge in [0.05, 0.1) is 18.9 Å². The number of pyridine rings is 2. The summed E-state index contributed by atoms with van der Waals surface area (Å²) in [5.41, 5.74) is 1.32. The molecule has 17 heavy (non-hydrogen) atoms. The molecule has 0 aromatic carbocycles. The van der Waals surface area contributed by atoms with Crippen LogP contribution < -0.4 is 10.9 Å². The minimum absolute atomic E-state index is 0.136. The Morgan fingerprint density at radius 3 is 3.18 bits per heavy atom. The lowest BCUT2D eigenvalue weighted by Gasteiger charge is -2.26. The molecule has 0 bridgehead atoms. The van der Waals surface area contributed by atoms with Gasteiger partial charge in [-0.3, -0.25) is 4.79 Å². The summed E-state index contributed by atoms with van der Waals surface area (Å²) in [4.78, 5) is 18.3. The molecule has 0 aliphatic carbocycles. The maximum absolute atomic E-state index is 11.5. The Labute approximate surface area is 97.8 Å². The maximum Gasteiger partial charge on any atom is 0.251 e. The predicted molar refractivity (Wildman–Crippen MR) is 65.2 cm³/mol. The lowest BCUT2D eigenvalue weighted by Crippen LogP contribution is -2.33. The van der Waals surface area contributed by atoms with Crippen LogP contribution in [0.2, 0.25) is 0 Å². The van der Waals surface area contributed by atoms with Crippen LogP contribution in [-0.2, 0) is 4.74 Å². The van der Waals surface area contributed by atoms with E-state index in [1.165, 1.54) is 0 Å². The second-order valence-corrected chi connectivity index (χ2v) is 4.23. The van der Waals surface area contributed by atoms with E-state index in [4.69, 9.17) is 4.74 Å². The third kappa shape index (κ3) is 2.01. The van der Waals surface area contributed by atoms with Gasteiger partial charge in [-0.25, -0.2) is 4.98 Å². The van der Waals surface area contributed by atoms with Gasteiger partial charge in [0.15, 0.2) is 0 Å². The number of H-pyrrole nitrogens is 1. The average molecular weight is 231 g/mol. The summed E-state index contributed by atoms with van der Waals surface area (Å²) in [6.07, 6.45) is 1.67. The summed E-state index contributed by atoms with van der Waals surface area (Å²) < 4.78 is 5.11. The van der Waals surface area contributed by atoms with Gasteiger partial charge in [0, 0.05) is 30.1 Å². The summed E-state index contributed by atoms with van der Waals surface area (Å²) in [6, 6.07) is 5.37. The number of aromatic nitrogens is 2. The Balaban J connectivity index is 1.93. The van der Waals surface area contributed by atoms with Crippen molar-refractivity contribution in [2.24, 2.45) is 5.92 Å². The number of anilines is 1. The van der Waals surface area contributed by atoms with Crippen LogP contribution in [0.1, 0.15) is 0 Å². The fourth-order valence-corrected chi connectivity index (χ4v) is 1.89. The summed E-state index contributed by atoms with van der Waals surface area (Å²) >= 11 is 0. The highest BCUT2D eigenvalue weighted by atomic mass is 16.5. The first-order valence-electron chi connectivity index (χ1n) is 5.62. The van der Waals surface area contributed by atoms with Crippen LogP contribution in [0.3, 0.4) is 0 Å². The third-order valence-electron chi connectivity index (χ3n) is 2.90. The van der Waals surface area contributed by atoms with Crippen molar-refractivity contribution in [1.29, 1.82) is 0 Å². The molecule has 1 aliphatic heterocycles. The lowest BCUT2D eigenvalue weighted by molar-refractivity contribution is -0.0248. The maximum atomic E-state index is 11.5. The molecule has 2 aromatic rings. The summed E-state index contributed by atoms with van der Waals surface area (Å²) in [7, 11) is 0. The first-order valence-corrected chi connectivity index (χ1v) is 5.62. The summed E-state index contributed by atoms with van der Waals surface area (Å²) in [6.45, 7) is 2.42. The standard InChI is InChI=1S/C12H13N3O2/c16-11-4-10(14-5-8-6-17-7-8)9-2-1-3-13-12(9)15-11/h1-4,8H,5-7H2,(H2,13,14,15,16). The van der Waals surface area contributed by atoms with Crippen molar-refractivity contribution < 1.29 is 4.74 Å². The molecular weight excluding hydrogens is 218 g/mol. The first kappa shape index (κ1) is 10.3. The van der Waals surface area contributed by atoms with Gasteiger partial charge in [-0.1, -0.05) is 0 Å². The monoisotopic (exact) mass is 231 g/mol. The molecule has 3 heterocycles. The van der Waals surface area contributed by atoms with E-state index in [-0.39, 0.29) is 5.56 Å². The van der Waals surface area contributed by atoms with Gasteiger partial charge in [0.25, 0.3) is 5.56 Å². The molecule has 5 heteroatoms. The molecule has 88 valence electrons. The Hall–Kier alpha value is -1.88. The van der Waals surface area contributed by atoms with Gasteiger partial charge in [0.1, 0.15) is 5.65 Å². The zero-order chi connectivity index (χ0) is 11.7. The second kappa shape index (κ2) is 4.18. The zero-order valence-electron chi connectivity index (χ0n) is 9.27. The smallest absolute Gasteiger partial charge is 0.251 e. The molecule has 5 nitrogen and oxygen atoms in total. The number of fused-ring (bicyclic) bond motifs is 1. The van der Waals surface area contributed by atoms with Crippen LogP contribution >= 0.6 is 0 Å². The minimum Gasteiger partial charge on any atom is -0.384 e. The van der Waals surface area contributed by atoms with Gasteiger partial charge in [0.2, 0.25) is 0 Å². The molecule has 1 saturated heterocycles. The average Bonchev–Trinajstić information content (AvgIpc) is 2.26. The predicted octanol–water partition coefficient (Wildman–Crippen LogP) is 0.981. The number of nitrogens with one attached hydrogen (secondary N) is 2. The van der Waals surface area contributed by atoms with E-state index < -0.39 is 0 Å². The van der Waals surface area contributed by atoms with Gasteiger partial charge >= 0.3 is 0 Å². The fraction of sp³-hybridized carbons (Fsp3) is 0.333. The number of rotatable bonds is 3. The van der Waals surface area contributed by atoms with E-state index in [0.29, 0.717) is 11.6 Å². The van der Waals surface area contributed by atoms with Crippen molar-refractivity contribution in [3.8, 4) is 0 Å². The minimum atomic E-state index is -0.136. The largest absolute Gasteiger partial charge is 0.384 e. The molecule has 3 rings (SSSR count). The fourth-order valence-electron chi connectivity index (χ4n) is 1.89. The molecule has 2 aromatic heterocycles. The Kier molecular flexibility index (Phi) is 2.53. The van der Waals surface area contributed by atoms with E-state index in [1.807, 2.05) is 12.1 Å². The van der Waals surface area contributed by atoms with Crippen LogP contribution in [0.5, 0.6) is 0 Å². The van der Waals surface area contributed by atoms with E-state index in [0.717, 1.165) is 30.8 Å². The van der Waals surface area contributed by atoms with Crippen molar-refractivity contribution in [2.45, 2.75) is 0 Å². The lowest BCUT2D eigenvalue weighted by atomic mass is 10.1. The number of hydrogen-bond donors (Lipinski definition) is 2. The van der Waals surface area contributed by atoms with E-state index >= 15 is 0 Å². The summed E-state index contributed by atoms with van der Waals surface area (Å²) in [5.74, 6) is 0.543. The van der Waals surface area contributed by atoms with Crippen molar-refractivity contribution in [3.63, 3.8) is 0 Å². The Bertz CT molecular complexity index is 590. The Morgan fingerprint density at radius 2 is 2.41 bits per heavy atom. The Morgan fingerprint density at radius 1 is 1.53 bits per heavy atom. The molecule has 0 unspecified atom stereocenters. The molecule has 0 saturated carbocycles. The zero-order valence-corrected chi connectivity index (χ0v) is 9.27. The summed E-state index contributed by atoms with van der Waals surface area (Å²) in [5, 5.41) is 4.23. The molecule has 0 spiro atoms. The van der Waals surface area contributed by atoms with Crippen LogP contribution in [-0.4, -0.2) is 29.7 Å². The number of aromatic amines is 1. The third-order valence-corrected chi connectivity index (χ3v) is 2.90. The first-order chi connectivity index (χ1) is 8.33. The molecular formula is C12H13N3O2. The van der Waals surface area contributed by atoms with Gasteiger partial charge in [-0.15, -0.1) is 0 Å². The molecule has 1 fully saturated rings. The van der Waals surface area contributed by atoms with E-state index in [2.05, 4.69) is 15.3 Å².